The number of benzene rings is 2. The minimum absolute atomic E-state index is 0.0320. The van der Waals surface area contributed by atoms with E-state index in [0.717, 1.165) is 12.0 Å². The third-order valence-corrected chi connectivity index (χ3v) is 6.34. The second-order valence-electron chi connectivity index (χ2n) is 6.58. The molecule has 150 valence electrons. The van der Waals surface area contributed by atoms with Crippen molar-refractivity contribution in [3.05, 3.63) is 59.7 Å². The maximum atomic E-state index is 12.5. The maximum absolute atomic E-state index is 12.5. The molecule has 0 aliphatic heterocycles. The fourth-order valence-electron chi connectivity index (χ4n) is 2.57. The lowest BCUT2D eigenvalue weighted by molar-refractivity contribution is -0.119. The molecule has 0 radical (unpaired) electrons. The molecule has 0 aliphatic rings. The Morgan fingerprint density at radius 3 is 2.43 bits per heavy atom. The lowest BCUT2D eigenvalue weighted by Gasteiger charge is -2.12. The molecular formula is C21H26N2O4S. The summed E-state index contributed by atoms with van der Waals surface area (Å²) in [6.45, 7) is 5.57. The molecule has 0 saturated heterocycles. The van der Waals surface area contributed by atoms with Gasteiger partial charge in [0.2, 0.25) is 5.91 Å². The van der Waals surface area contributed by atoms with Crippen LogP contribution in [-0.2, 0) is 21.2 Å². The van der Waals surface area contributed by atoms with Gasteiger partial charge in [0.15, 0.2) is 9.84 Å². The van der Waals surface area contributed by atoms with Crippen LogP contribution >= 0.6 is 0 Å². The molecule has 0 fully saturated rings. The Morgan fingerprint density at radius 2 is 1.75 bits per heavy atom. The Kier molecular flexibility index (Phi) is 7.34. The number of rotatable bonds is 8. The Balaban J connectivity index is 2.10. The Morgan fingerprint density at radius 1 is 1.04 bits per heavy atom. The van der Waals surface area contributed by atoms with E-state index in [-0.39, 0.29) is 34.6 Å². The quantitative estimate of drug-likeness (QED) is 0.708. The van der Waals surface area contributed by atoms with Crippen molar-refractivity contribution >= 4 is 27.3 Å². The van der Waals surface area contributed by atoms with Gasteiger partial charge in [0.05, 0.1) is 16.2 Å². The number of carbonyl (C=O) groups excluding carboxylic acids is 2. The third kappa shape index (κ3) is 5.42. The molecule has 0 unspecified atom stereocenters. The average molecular weight is 403 g/mol. The van der Waals surface area contributed by atoms with Gasteiger partial charge in [0.1, 0.15) is 0 Å². The van der Waals surface area contributed by atoms with Crippen LogP contribution in [0.5, 0.6) is 0 Å². The van der Waals surface area contributed by atoms with Crippen LogP contribution in [0.4, 0.5) is 5.69 Å². The van der Waals surface area contributed by atoms with Gasteiger partial charge < -0.3 is 10.6 Å². The summed E-state index contributed by atoms with van der Waals surface area (Å²) in [6, 6.07) is 13.4. The Bertz CT molecular complexity index is 954. The molecular weight excluding hydrogens is 376 g/mol. The van der Waals surface area contributed by atoms with Gasteiger partial charge in [0, 0.05) is 18.2 Å². The predicted molar refractivity (Wildman–Crippen MR) is 110 cm³/mol. The topological polar surface area (TPSA) is 92.3 Å². The lowest BCUT2D eigenvalue weighted by Crippen LogP contribution is -2.25. The van der Waals surface area contributed by atoms with E-state index < -0.39 is 15.7 Å². The van der Waals surface area contributed by atoms with Crippen molar-refractivity contribution in [2.75, 3.05) is 11.1 Å². The Labute approximate surface area is 166 Å². The van der Waals surface area contributed by atoms with Crippen molar-refractivity contribution in [1.29, 1.82) is 0 Å². The van der Waals surface area contributed by atoms with Crippen LogP contribution in [0.15, 0.2) is 53.4 Å². The van der Waals surface area contributed by atoms with Gasteiger partial charge in [-0.3, -0.25) is 9.59 Å². The monoisotopic (exact) mass is 402 g/mol. The van der Waals surface area contributed by atoms with E-state index >= 15 is 0 Å². The van der Waals surface area contributed by atoms with Crippen molar-refractivity contribution in [2.45, 2.75) is 38.6 Å². The van der Waals surface area contributed by atoms with Gasteiger partial charge in [-0.1, -0.05) is 45.0 Å². The van der Waals surface area contributed by atoms with Crippen LogP contribution in [0.2, 0.25) is 0 Å². The highest BCUT2D eigenvalue weighted by Crippen LogP contribution is 2.18. The van der Waals surface area contributed by atoms with E-state index in [9.17, 15) is 18.0 Å². The molecule has 0 aromatic heterocycles. The molecule has 6 nitrogen and oxygen atoms in total. The second kappa shape index (κ2) is 9.50. The zero-order chi connectivity index (χ0) is 20.7. The molecule has 0 spiro atoms. The molecule has 0 bridgehead atoms. The molecule has 0 aliphatic carbocycles. The van der Waals surface area contributed by atoms with Gasteiger partial charge in [-0.05, 0) is 36.2 Å². The highest BCUT2D eigenvalue weighted by atomic mass is 32.2. The smallest absolute Gasteiger partial charge is 0.252 e. The van der Waals surface area contributed by atoms with Gasteiger partial charge in [-0.2, -0.15) is 0 Å². The number of carbonyl (C=O) groups is 2. The van der Waals surface area contributed by atoms with E-state index in [1.54, 1.807) is 37.3 Å². The molecule has 2 aromatic carbocycles. The Hall–Kier alpha value is -2.67. The van der Waals surface area contributed by atoms with Gasteiger partial charge >= 0.3 is 0 Å². The van der Waals surface area contributed by atoms with Gasteiger partial charge in [-0.25, -0.2) is 8.42 Å². The summed E-state index contributed by atoms with van der Waals surface area (Å²) >= 11 is 0. The SMILES string of the molecule is CC[C@@H](C)C(=O)Nc1cccc(CNC(=O)c2ccccc2S(=O)(=O)CC)c1. The van der Waals surface area contributed by atoms with Crippen LogP contribution in [0, 0.1) is 5.92 Å². The zero-order valence-corrected chi connectivity index (χ0v) is 17.2. The molecule has 1 atom stereocenters. The van der Waals surface area contributed by atoms with Crippen LogP contribution in [0.25, 0.3) is 0 Å². The first-order valence-electron chi connectivity index (χ1n) is 9.28. The van der Waals surface area contributed by atoms with Crippen molar-refractivity contribution < 1.29 is 18.0 Å². The summed E-state index contributed by atoms with van der Waals surface area (Å²) in [6.07, 6.45) is 0.752. The molecule has 0 saturated carbocycles. The first-order chi connectivity index (χ1) is 13.3. The summed E-state index contributed by atoms with van der Waals surface area (Å²) in [4.78, 5) is 24.6. The number of hydrogen-bond donors (Lipinski definition) is 2. The van der Waals surface area contributed by atoms with E-state index in [0.29, 0.717) is 5.69 Å². The van der Waals surface area contributed by atoms with Gasteiger partial charge in [0.25, 0.3) is 5.91 Å². The third-order valence-electron chi connectivity index (χ3n) is 4.55. The highest BCUT2D eigenvalue weighted by Gasteiger charge is 2.20. The van der Waals surface area contributed by atoms with Crippen LogP contribution < -0.4 is 10.6 Å². The van der Waals surface area contributed by atoms with Crippen molar-refractivity contribution in [3.8, 4) is 0 Å². The highest BCUT2D eigenvalue weighted by molar-refractivity contribution is 7.91. The molecule has 0 heterocycles. The summed E-state index contributed by atoms with van der Waals surface area (Å²) in [7, 11) is -3.50. The van der Waals surface area contributed by atoms with Crippen LogP contribution in [0.1, 0.15) is 43.1 Å². The average Bonchev–Trinajstić information content (AvgIpc) is 2.71. The molecule has 2 amide bonds. The second-order valence-corrected chi connectivity index (χ2v) is 8.83. The van der Waals surface area contributed by atoms with Crippen LogP contribution in [-0.4, -0.2) is 26.0 Å². The largest absolute Gasteiger partial charge is 0.348 e. The molecule has 7 heteroatoms. The van der Waals surface area contributed by atoms with E-state index in [1.807, 2.05) is 19.9 Å². The van der Waals surface area contributed by atoms with Crippen molar-refractivity contribution in [3.63, 3.8) is 0 Å². The predicted octanol–water partition coefficient (Wildman–Crippen LogP) is 3.39. The van der Waals surface area contributed by atoms with Gasteiger partial charge in [-0.15, -0.1) is 0 Å². The fraction of sp³-hybridized carbons (Fsp3) is 0.333. The minimum atomic E-state index is -3.50. The number of anilines is 1. The van der Waals surface area contributed by atoms with Crippen molar-refractivity contribution in [1.82, 2.24) is 5.32 Å². The summed E-state index contributed by atoms with van der Waals surface area (Å²) in [5.74, 6) is -0.667. The number of hydrogen-bond acceptors (Lipinski definition) is 4. The first-order valence-corrected chi connectivity index (χ1v) is 10.9. The fourth-order valence-corrected chi connectivity index (χ4v) is 3.66. The minimum Gasteiger partial charge on any atom is -0.348 e. The molecule has 2 N–H and O–H groups in total. The number of nitrogens with one attached hydrogen (secondary N) is 2. The van der Waals surface area contributed by atoms with Crippen LogP contribution in [0.3, 0.4) is 0 Å². The summed E-state index contributed by atoms with van der Waals surface area (Å²) in [5.41, 5.74) is 1.59. The maximum Gasteiger partial charge on any atom is 0.252 e. The summed E-state index contributed by atoms with van der Waals surface area (Å²) < 4.78 is 24.4. The molecule has 2 rings (SSSR count). The van der Waals surface area contributed by atoms with E-state index in [4.69, 9.17) is 0 Å². The first kappa shape index (κ1) is 21.6. The van der Waals surface area contributed by atoms with E-state index in [1.165, 1.54) is 12.1 Å². The van der Waals surface area contributed by atoms with E-state index in [2.05, 4.69) is 10.6 Å². The lowest BCUT2D eigenvalue weighted by atomic mass is 10.1. The van der Waals surface area contributed by atoms with Crippen molar-refractivity contribution in [2.24, 2.45) is 5.92 Å². The molecule has 2 aromatic rings. The summed E-state index contributed by atoms with van der Waals surface area (Å²) in [5, 5.41) is 5.61. The zero-order valence-electron chi connectivity index (χ0n) is 16.4. The standard InChI is InChI=1S/C21H26N2O4S/c1-4-15(3)20(24)23-17-10-8-9-16(13-17)14-22-21(25)18-11-6-7-12-19(18)28(26,27)5-2/h6-13,15H,4-5,14H2,1-3H3,(H,22,25)(H,23,24)/t15-/m1/s1. The molecule has 28 heavy (non-hydrogen) atoms. The normalized spacial score (nSPS) is 12.2. The number of sulfone groups is 1. The number of amides is 2.